The highest BCUT2D eigenvalue weighted by atomic mass is 35.5. The molecule has 156 valence electrons. The van der Waals surface area contributed by atoms with Crippen LogP contribution in [0.5, 0.6) is 5.75 Å². The summed E-state index contributed by atoms with van der Waals surface area (Å²) in [5.74, 6) is 0.588. The van der Waals surface area contributed by atoms with E-state index in [9.17, 15) is 13.2 Å². The van der Waals surface area contributed by atoms with Gasteiger partial charge >= 0.3 is 6.36 Å². The van der Waals surface area contributed by atoms with Crippen molar-refractivity contribution >= 4 is 29.1 Å². The lowest BCUT2D eigenvalue weighted by atomic mass is 10.1. The molecule has 0 radical (unpaired) electrons. The Morgan fingerprint density at radius 3 is 2.60 bits per heavy atom. The molecule has 4 rings (SSSR count). The molecule has 0 unspecified atom stereocenters. The van der Waals surface area contributed by atoms with Gasteiger partial charge in [-0.2, -0.15) is 4.98 Å². The second kappa shape index (κ2) is 8.02. The van der Waals surface area contributed by atoms with Crippen LogP contribution in [0.2, 0.25) is 5.02 Å². The number of nitrogens with zero attached hydrogens (tertiary/aromatic N) is 2. The first-order valence-electron chi connectivity index (χ1n) is 9.30. The molecule has 5 nitrogen and oxygen atoms in total. The molecule has 1 saturated carbocycles. The van der Waals surface area contributed by atoms with E-state index in [0.717, 1.165) is 24.1 Å². The highest BCUT2D eigenvalue weighted by Gasteiger charge is 2.31. The molecule has 0 saturated heterocycles. The fourth-order valence-electron chi connectivity index (χ4n) is 2.85. The quantitative estimate of drug-likeness (QED) is 0.475. The molecular weight excluding hydrogens is 417 g/mol. The van der Waals surface area contributed by atoms with Gasteiger partial charge < -0.3 is 15.4 Å². The lowest BCUT2D eigenvalue weighted by Crippen LogP contribution is -2.17. The minimum atomic E-state index is -4.76. The molecule has 2 aromatic carbocycles. The van der Waals surface area contributed by atoms with E-state index in [0.29, 0.717) is 34.1 Å². The zero-order chi connectivity index (χ0) is 21.3. The summed E-state index contributed by atoms with van der Waals surface area (Å²) in [7, 11) is 0. The van der Waals surface area contributed by atoms with Gasteiger partial charge in [0.25, 0.3) is 0 Å². The van der Waals surface area contributed by atoms with Crippen LogP contribution in [0.25, 0.3) is 11.3 Å². The number of alkyl halides is 3. The van der Waals surface area contributed by atoms with Gasteiger partial charge in [0.2, 0.25) is 5.95 Å². The maximum atomic E-state index is 12.6. The standard InChI is InChI=1S/C21H18ClF3N4O/c1-12-5-6-14(22)10-17(12)27-19-11-18(28-20(29-19)26-15-7-8-15)13-3-2-4-16(9-13)30-21(23,24)25/h2-6,9-11,15H,7-8H2,1H3,(H2,26,27,28,29). The van der Waals surface area contributed by atoms with E-state index >= 15 is 0 Å². The number of hydrogen-bond acceptors (Lipinski definition) is 5. The van der Waals surface area contributed by atoms with E-state index < -0.39 is 6.36 Å². The molecule has 1 aliphatic carbocycles. The van der Waals surface area contributed by atoms with Crippen molar-refractivity contribution in [3.8, 4) is 17.0 Å². The van der Waals surface area contributed by atoms with Crippen LogP contribution in [0.4, 0.5) is 30.6 Å². The first-order chi connectivity index (χ1) is 14.2. The first-order valence-corrected chi connectivity index (χ1v) is 9.68. The summed E-state index contributed by atoms with van der Waals surface area (Å²) >= 11 is 6.10. The summed E-state index contributed by atoms with van der Waals surface area (Å²) in [4.78, 5) is 8.98. The molecule has 30 heavy (non-hydrogen) atoms. The van der Waals surface area contributed by atoms with Crippen molar-refractivity contribution in [3.05, 3.63) is 59.1 Å². The van der Waals surface area contributed by atoms with Gasteiger partial charge in [0.15, 0.2) is 0 Å². The summed E-state index contributed by atoms with van der Waals surface area (Å²) in [6.07, 6.45) is -2.71. The van der Waals surface area contributed by atoms with Gasteiger partial charge in [-0.15, -0.1) is 13.2 Å². The lowest BCUT2D eigenvalue weighted by Gasteiger charge is -2.14. The third-order valence-corrected chi connectivity index (χ3v) is 4.70. The van der Waals surface area contributed by atoms with Gasteiger partial charge in [0.1, 0.15) is 11.6 Å². The summed E-state index contributed by atoms with van der Waals surface area (Å²) in [6, 6.07) is 13.1. The number of aromatic nitrogens is 2. The highest BCUT2D eigenvalue weighted by molar-refractivity contribution is 6.30. The minimum Gasteiger partial charge on any atom is -0.406 e. The van der Waals surface area contributed by atoms with Crippen LogP contribution in [0.15, 0.2) is 48.5 Å². The molecule has 0 amide bonds. The second-order valence-electron chi connectivity index (χ2n) is 7.04. The molecule has 3 aromatic rings. The second-order valence-corrected chi connectivity index (χ2v) is 7.48. The van der Waals surface area contributed by atoms with E-state index in [-0.39, 0.29) is 5.75 Å². The number of nitrogens with one attached hydrogen (secondary N) is 2. The van der Waals surface area contributed by atoms with E-state index in [2.05, 4.69) is 25.3 Å². The Morgan fingerprint density at radius 2 is 1.87 bits per heavy atom. The zero-order valence-electron chi connectivity index (χ0n) is 15.9. The molecule has 0 aliphatic heterocycles. The number of ether oxygens (including phenoxy) is 1. The van der Waals surface area contributed by atoms with E-state index in [4.69, 9.17) is 11.6 Å². The van der Waals surface area contributed by atoms with Crippen molar-refractivity contribution in [2.75, 3.05) is 10.6 Å². The molecule has 0 spiro atoms. The monoisotopic (exact) mass is 434 g/mol. The molecule has 1 heterocycles. The van der Waals surface area contributed by atoms with Gasteiger partial charge in [-0.05, 0) is 49.6 Å². The Kier molecular flexibility index (Phi) is 5.42. The van der Waals surface area contributed by atoms with Crippen molar-refractivity contribution in [2.45, 2.75) is 32.2 Å². The first kappa shape index (κ1) is 20.3. The molecule has 0 bridgehead atoms. The summed E-state index contributed by atoms with van der Waals surface area (Å²) in [5.41, 5.74) is 2.68. The molecule has 1 aromatic heterocycles. The average molecular weight is 435 g/mol. The summed E-state index contributed by atoms with van der Waals surface area (Å²) in [6.45, 7) is 1.93. The zero-order valence-corrected chi connectivity index (χ0v) is 16.7. The third-order valence-electron chi connectivity index (χ3n) is 4.46. The smallest absolute Gasteiger partial charge is 0.406 e. The van der Waals surface area contributed by atoms with Crippen LogP contribution in [0, 0.1) is 6.92 Å². The van der Waals surface area contributed by atoms with Crippen molar-refractivity contribution in [1.29, 1.82) is 0 Å². The molecule has 0 atom stereocenters. The largest absolute Gasteiger partial charge is 0.573 e. The number of aryl methyl sites for hydroxylation is 1. The Morgan fingerprint density at radius 1 is 1.07 bits per heavy atom. The molecule has 2 N–H and O–H groups in total. The van der Waals surface area contributed by atoms with Gasteiger partial charge in [0.05, 0.1) is 5.69 Å². The van der Waals surface area contributed by atoms with Gasteiger partial charge in [-0.1, -0.05) is 29.8 Å². The normalized spacial score (nSPS) is 13.8. The number of benzene rings is 2. The highest BCUT2D eigenvalue weighted by Crippen LogP contribution is 2.31. The number of rotatable bonds is 6. The number of anilines is 3. The van der Waals surface area contributed by atoms with Crippen LogP contribution in [-0.2, 0) is 0 Å². The average Bonchev–Trinajstić information content (AvgIpc) is 3.47. The number of halogens is 4. The van der Waals surface area contributed by atoms with Gasteiger partial charge in [0, 0.05) is 28.4 Å². The van der Waals surface area contributed by atoms with Crippen LogP contribution in [-0.4, -0.2) is 22.4 Å². The summed E-state index contributed by atoms with van der Waals surface area (Å²) in [5, 5.41) is 7.03. The van der Waals surface area contributed by atoms with E-state index in [1.54, 1.807) is 24.3 Å². The molecule has 1 fully saturated rings. The van der Waals surface area contributed by atoms with Crippen LogP contribution < -0.4 is 15.4 Å². The lowest BCUT2D eigenvalue weighted by molar-refractivity contribution is -0.274. The van der Waals surface area contributed by atoms with Crippen LogP contribution in [0.1, 0.15) is 18.4 Å². The Labute approximate surface area is 176 Å². The van der Waals surface area contributed by atoms with Crippen molar-refractivity contribution in [1.82, 2.24) is 9.97 Å². The SMILES string of the molecule is Cc1ccc(Cl)cc1Nc1cc(-c2cccc(OC(F)(F)F)c2)nc(NC2CC2)n1. The van der Waals surface area contributed by atoms with Crippen LogP contribution in [0.3, 0.4) is 0 Å². The van der Waals surface area contributed by atoms with Gasteiger partial charge in [-0.3, -0.25) is 0 Å². The van der Waals surface area contributed by atoms with E-state index in [1.807, 2.05) is 13.0 Å². The number of hydrogen-bond donors (Lipinski definition) is 2. The third kappa shape index (κ3) is 5.33. The fourth-order valence-corrected chi connectivity index (χ4v) is 3.03. The topological polar surface area (TPSA) is 59.1 Å². The van der Waals surface area contributed by atoms with Crippen molar-refractivity contribution < 1.29 is 17.9 Å². The molecule has 1 aliphatic rings. The van der Waals surface area contributed by atoms with Gasteiger partial charge in [-0.25, -0.2) is 4.98 Å². The Hall–Kier alpha value is -3.00. The fraction of sp³-hybridized carbons (Fsp3) is 0.238. The molecular formula is C21H18ClF3N4O. The van der Waals surface area contributed by atoms with Crippen LogP contribution >= 0.6 is 11.6 Å². The molecule has 9 heteroatoms. The predicted molar refractivity (Wildman–Crippen MR) is 110 cm³/mol. The summed E-state index contributed by atoms with van der Waals surface area (Å²) < 4.78 is 41.8. The van der Waals surface area contributed by atoms with Crippen molar-refractivity contribution in [2.24, 2.45) is 0 Å². The maximum Gasteiger partial charge on any atom is 0.573 e. The van der Waals surface area contributed by atoms with Crippen molar-refractivity contribution in [3.63, 3.8) is 0 Å². The predicted octanol–water partition coefficient (Wildman–Crippen LogP) is 6.32. The Bertz CT molecular complexity index is 1070. The van der Waals surface area contributed by atoms with E-state index in [1.165, 1.54) is 18.2 Å². The maximum absolute atomic E-state index is 12.6. The minimum absolute atomic E-state index is 0.306. The Balaban J connectivity index is 1.69.